The number of methoxy groups -OCH3 is 1. The Hall–Kier alpha value is -1.71. The first-order valence-corrected chi connectivity index (χ1v) is 6.87. The number of likely N-dealkylation sites (tertiary alicyclic amines) is 1. The fraction of sp³-hybridized carbons (Fsp3) is 0.533. The van der Waals surface area contributed by atoms with Crippen molar-refractivity contribution >= 4 is 5.91 Å². The van der Waals surface area contributed by atoms with Crippen LogP contribution in [0.15, 0.2) is 18.2 Å². The van der Waals surface area contributed by atoms with Gasteiger partial charge in [-0.25, -0.2) is 0 Å². The van der Waals surface area contributed by atoms with Gasteiger partial charge in [0.15, 0.2) is 11.5 Å². The first kappa shape index (κ1) is 12.3. The topological polar surface area (TPSA) is 38.8 Å². The van der Waals surface area contributed by atoms with Gasteiger partial charge in [0, 0.05) is 13.1 Å². The van der Waals surface area contributed by atoms with Crippen LogP contribution in [0.3, 0.4) is 0 Å². The molecule has 0 bridgehead atoms. The van der Waals surface area contributed by atoms with E-state index in [0.29, 0.717) is 6.61 Å². The molecule has 0 aromatic heterocycles. The maximum atomic E-state index is 12.4. The number of hydrogen-bond donors (Lipinski definition) is 0. The molecule has 0 saturated carbocycles. The zero-order chi connectivity index (χ0) is 13.2. The minimum absolute atomic E-state index is 0.0438. The van der Waals surface area contributed by atoms with E-state index in [-0.39, 0.29) is 11.8 Å². The molecule has 0 spiro atoms. The molecule has 2 aliphatic rings. The van der Waals surface area contributed by atoms with Gasteiger partial charge in [-0.2, -0.15) is 0 Å². The largest absolute Gasteiger partial charge is 0.493 e. The molecule has 1 aromatic carbocycles. The van der Waals surface area contributed by atoms with Gasteiger partial charge in [0.25, 0.3) is 0 Å². The van der Waals surface area contributed by atoms with E-state index in [4.69, 9.17) is 9.47 Å². The Kier molecular flexibility index (Phi) is 3.32. The molecule has 2 aliphatic heterocycles. The minimum atomic E-state index is -0.0438. The SMILES string of the molecule is COc1cccc2c1OCC(C(=O)N1CCCC1)C2. The Labute approximate surface area is 113 Å². The normalized spacial score (nSPS) is 21.7. The number of fused-ring (bicyclic) bond motifs is 1. The molecule has 1 unspecified atom stereocenters. The van der Waals surface area contributed by atoms with Crippen molar-refractivity contribution in [3.05, 3.63) is 23.8 Å². The first-order chi connectivity index (χ1) is 9.29. The van der Waals surface area contributed by atoms with Crippen LogP contribution >= 0.6 is 0 Å². The van der Waals surface area contributed by atoms with Gasteiger partial charge in [0.2, 0.25) is 5.91 Å². The minimum Gasteiger partial charge on any atom is -0.493 e. The molecule has 0 aliphatic carbocycles. The highest BCUT2D eigenvalue weighted by Crippen LogP contribution is 2.36. The van der Waals surface area contributed by atoms with E-state index < -0.39 is 0 Å². The lowest BCUT2D eigenvalue weighted by Gasteiger charge is -2.28. The Morgan fingerprint density at radius 3 is 2.89 bits per heavy atom. The summed E-state index contributed by atoms with van der Waals surface area (Å²) in [6.07, 6.45) is 3.01. The molecule has 3 rings (SSSR count). The summed E-state index contributed by atoms with van der Waals surface area (Å²) in [6, 6.07) is 5.85. The Balaban J connectivity index is 1.76. The average Bonchev–Trinajstić information content (AvgIpc) is 2.99. The van der Waals surface area contributed by atoms with Gasteiger partial charge >= 0.3 is 0 Å². The van der Waals surface area contributed by atoms with Crippen LogP contribution in [0.4, 0.5) is 0 Å². The van der Waals surface area contributed by atoms with Gasteiger partial charge in [-0.3, -0.25) is 4.79 Å². The summed E-state index contributed by atoms with van der Waals surface area (Å²) < 4.78 is 11.1. The van der Waals surface area contributed by atoms with E-state index in [2.05, 4.69) is 0 Å². The van der Waals surface area contributed by atoms with Crippen LogP contribution in [0.5, 0.6) is 11.5 Å². The number of benzene rings is 1. The van der Waals surface area contributed by atoms with Gasteiger partial charge in [-0.15, -0.1) is 0 Å². The van der Waals surface area contributed by atoms with Crippen molar-refractivity contribution in [1.29, 1.82) is 0 Å². The van der Waals surface area contributed by atoms with E-state index >= 15 is 0 Å². The molecule has 1 atom stereocenters. The number of hydrogen-bond acceptors (Lipinski definition) is 3. The lowest BCUT2D eigenvalue weighted by atomic mass is 9.95. The number of carbonyl (C=O) groups excluding carboxylic acids is 1. The zero-order valence-corrected chi connectivity index (χ0v) is 11.2. The number of para-hydroxylation sites is 1. The fourth-order valence-electron chi connectivity index (χ4n) is 2.91. The molecule has 4 heteroatoms. The lowest BCUT2D eigenvalue weighted by Crippen LogP contribution is -2.39. The third kappa shape index (κ3) is 2.27. The average molecular weight is 261 g/mol. The second-order valence-electron chi connectivity index (χ2n) is 5.19. The van der Waals surface area contributed by atoms with Gasteiger partial charge in [-0.1, -0.05) is 12.1 Å². The summed E-state index contributed by atoms with van der Waals surface area (Å²) in [5.41, 5.74) is 1.07. The van der Waals surface area contributed by atoms with Crippen molar-refractivity contribution < 1.29 is 14.3 Å². The predicted octanol–water partition coefficient (Wildman–Crippen LogP) is 1.87. The summed E-state index contributed by atoms with van der Waals surface area (Å²) >= 11 is 0. The molecule has 1 saturated heterocycles. The van der Waals surface area contributed by atoms with Crippen LogP contribution in [-0.4, -0.2) is 37.6 Å². The molecule has 0 N–H and O–H groups in total. The number of ether oxygens (including phenoxy) is 2. The van der Waals surface area contributed by atoms with Gasteiger partial charge in [0.1, 0.15) is 6.61 Å². The summed E-state index contributed by atoms with van der Waals surface area (Å²) in [5, 5.41) is 0. The number of nitrogens with zero attached hydrogens (tertiary/aromatic N) is 1. The molecule has 102 valence electrons. The predicted molar refractivity (Wildman–Crippen MR) is 71.5 cm³/mol. The fourth-order valence-corrected chi connectivity index (χ4v) is 2.91. The smallest absolute Gasteiger partial charge is 0.229 e. The Morgan fingerprint density at radius 1 is 1.37 bits per heavy atom. The van der Waals surface area contributed by atoms with E-state index in [9.17, 15) is 4.79 Å². The van der Waals surface area contributed by atoms with Gasteiger partial charge < -0.3 is 14.4 Å². The highest BCUT2D eigenvalue weighted by molar-refractivity contribution is 5.80. The molecule has 1 aromatic rings. The van der Waals surface area contributed by atoms with Crippen LogP contribution in [0.1, 0.15) is 18.4 Å². The molecular formula is C15H19NO3. The van der Waals surface area contributed by atoms with Crippen LogP contribution in [0.25, 0.3) is 0 Å². The second-order valence-corrected chi connectivity index (χ2v) is 5.19. The first-order valence-electron chi connectivity index (χ1n) is 6.87. The van der Waals surface area contributed by atoms with Crippen molar-refractivity contribution in [3.63, 3.8) is 0 Å². The van der Waals surface area contributed by atoms with E-state index in [1.807, 2.05) is 23.1 Å². The maximum absolute atomic E-state index is 12.4. The van der Waals surface area contributed by atoms with Crippen molar-refractivity contribution in [2.24, 2.45) is 5.92 Å². The quantitative estimate of drug-likeness (QED) is 0.815. The number of carbonyl (C=O) groups is 1. The van der Waals surface area contributed by atoms with Crippen molar-refractivity contribution in [3.8, 4) is 11.5 Å². The third-order valence-electron chi connectivity index (χ3n) is 3.94. The molecule has 19 heavy (non-hydrogen) atoms. The number of amides is 1. The summed E-state index contributed by atoms with van der Waals surface area (Å²) in [4.78, 5) is 14.4. The van der Waals surface area contributed by atoms with Crippen LogP contribution in [-0.2, 0) is 11.2 Å². The van der Waals surface area contributed by atoms with Gasteiger partial charge in [-0.05, 0) is 30.9 Å². The van der Waals surface area contributed by atoms with E-state index in [1.54, 1.807) is 7.11 Å². The Bertz CT molecular complexity index is 480. The summed E-state index contributed by atoms with van der Waals surface area (Å²) in [6.45, 7) is 2.27. The van der Waals surface area contributed by atoms with Crippen molar-refractivity contribution in [2.45, 2.75) is 19.3 Å². The van der Waals surface area contributed by atoms with Gasteiger partial charge in [0.05, 0.1) is 13.0 Å². The molecule has 1 fully saturated rings. The third-order valence-corrected chi connectivity index (χ3v) is 3.94. The second kappa shape index (κ2) is 5.11. The molecule has 1 amide bonds. The molecule has 0 radical (unpaired) electrons. The molecule has 4 nitrogen and oxygen atoms in total. The van der Waals surface area contributed by atoms with Crippen molar-refractivity contribution in [1.82, 2.24) is 4.90 Å². The highest BCUT2D eigenvalue weighted by atomic mass is 16.5. The Morgan fingerprint density at radius 2 is 2.16 bits per heavy atom. The monoisotopic (exact) mass is 261 g/mol. The zero-order valence-electron chi connectivity index (χ0n) is 11.2. The maximum Gasteiger partial charge on any atom is 0.229 e. The van der Waals surface area contributed by atoms with E-state index in [1.165, 1.54) is 0 Å². The molecule has 2 heterocycles. The molecular weight excluding hydrogens is 242 g/mol. The number of rotatable bonds is 2. The summed E-state index contributed by atoms with van der Waals surface area (Å²) in [5.74, 6) is 1.75. The van der Waals surface area contributed by atoms with Crippen LogP contribution in [0.2, 0.25) is 0 Å². The van der Waals surface area contributed by atoms with Crippen LogP contribution in [0, 0.1) is 5.92 Å². The highest BCUT2D eigenvalue weighted by Gasteiger charge is 2.31. The van der Waals surface area contributed by atoms with E-state index in [0.717, 1.165) is 49.4 Å². The van der Waals surface area contributed by atoms with Crippen LogP contribution < -0.4 is 9.47 Å². The lowest BCUT2D eigenvalue weighted by molar-refractivity contribution is -0.135. The van der Waals surface area contributed by atoms with Crippen molar-refractivity contribution in [2.75, 3.05) is 26.8 Å². The standard InChI is InChI=1S/C15H19NO3/c1-18-13-6-4-5-11-9-12(10-19-14(11)13)15(17)16-7-2-3-8-16/h4-6,12H,2-3,7-10H2,1H3. The summed E-state index contributed by atoms with van der Waals surface area (Å²) in [7, 11) is 1.64.